The van der Waals surface area contributed by atoms with Crippen molar-refractivity contribution in [2.75, 3.05) is 6.61 Å². The van der Waals surface area contributed by atoms with E-state index in [2.05, 4.69) is 41.5 Å². The second kappa shape index (κ2) is 8.00. The summed E-state index contributed by atoms with van der Waals surface area (Å²) in [4.78, 5) is 12.5. The van der Waals surface area contributed by atoms with Gasteiger partial charge in [0.1, 0.15) is 5.75 Å². The summed E-state index contributed by atoms with van der Waals surface area (Å²) in [6, 6.07) is 5.93. The van der Waals surface area contributed by atoms with Gasteiger partial charge < -0.3 is 4.74 Å². The number of allylic oxidation sites excluding steroid dienone is 1. The van der Waals surface area contributed by atoms with Crippen molar-refractivity contribution in [1.29, 1.82) is 0 Å². The van der Waals surface area contributed by atoms with Gasteiger partial charge in [-0.2, -0.15) is 5.10 Å². The van der Waals surface area contributed by atoms with Crippen LogP contribution in [0, 0.1) is 13.8 Å². The van der Waals surface area contributed by atoms with Crippen LogP contribution in [-0.2, 0) is 6.42 Å². The van der Waals surface area contributed by atoms with Crippen LogP contribution in [0.25, 0.3) is 0 Å². The second-order valence-corrected chi connectivity index (χ2v) is 7.58. The van der Waals surface area contributed by atoms with Gasteiger partial charge in [-0.05, 0) is 66.7 Å². The van der Waals surface area contributed by atoms with Crippen molar-refractivity contribution in [3.05, 3.63) is 57.3 Å². The van der Waals surface area contributed by atoms with Crippen molar-refractivity contribution in [3.8, 4) is 5.75 Å². The van der Waals surface area contributed by atoms with Gasteiger partial charge >= 0.3 is 0 Å². The highest BCUT2D eigenvalue weighted by atomic mass is 79.9. The Morgan fingerprint density at radius 2 is 2.04 bits per heavy atom. The van der Waals surface area contributed by atoms with Crippen LogP contribution in [0.15, 0.2) is 34.8 Å². The van der Waals surface area contributed by atoms with Crippen molar-refractivity contribution in [1.82, 2.24) is 9.78 Å². The highest BCUT2D eigenvalue weighted by molar-refractivity contribution is 9.10. The normalized spacial score (nSPS) is 11.0. The van der Waals surface area contributed by atoms with Crippen LogP contribution in [0.5, 0.6) is 5.75 Å². The first kappa shape index (κ1) is 19.4. The Morgan fingerprint density at radius 3 is 2.60 bits per heavy atom. The van der Waals surface area contributed by atoms with Gasteiger partial charge in [-0.25, -0.2) is 4.68 Å². The van der Waals surface area contributed by atoms with E-state index in [1.54, 1.807) is 0 Å². The maximum Gasteiger partial charge on any atom is 0.284 e. The fraction of sp³-hybridized carbons (Fsp3) is 0.400. The van der Waals surface area contributed by atoms with Gasteiger partial charge in [0, 0.05) is 11.3 Å². The minimum atomic E-state index is -0.187. The lowest BCUT2D eigenvalue weighted by Crippen LogP contribution is -2.22. The second-order valence-electron chi connectivity index (χ2n) is 6.72. The Hall–Kier alpha value is -1.88. The van der Waals surface area contributed by atoms with Crippen LogP contribution in [-0.4, -0.2) is 22.3 Å². The molecule has 0 aliphatic rings. The standard InChI is InChI=1S/C20H25BrN2O2/c1-12(2)9-17-14(5)22-23(15(17)6)20(24)11-25-19-8-7-16(13(3)4)10-18(19)21/h7-8,10,13H,1,9,11H2,2-6H3. The largest absolute Gasteiger partial charge is 0.483 e. The van der Waals surface area contributed by atoms with Crippen LogP contribution in [0.4, 0.5) is 0 Å². The molecule has 25 heavy (non-hydrogen) atoms. The van der Waals surface area contributed by atoms with Crippen molar-refractivity contribution in [3.63, 3.8) is 0 Å². The summed E-state index contributed by atoms with van der Waals surface area (Å²) in [5.41, 5.74) is 5.03. The molecule has 0 unspecified atom stereocenters. The molecular weight excluding hydrogens is 380 g/mol. The number of nitrogens with zero attached hydrogens (tertiary/aromatic N) is 2. The number of ether oxygens (including phenoxy) is 1. The van der Waals surface area contributed by atoms with Crippen molar-refractivity contribution in [2.24, 2.45) is 0 Å². The Balaban J connectivity index is 2.12. The number of aryl methyl sites for hydroxylation is 1. The van der Waals surface area contributed by atoms with E-state index in [0.717, 1.165) is 33.4 Å². The van der Waals surface area contributed by atoms with Gasteiger partial charge in [-0.15, -0.1) is 0 Å². The van der Waals surface area contributed by atoms with Crippen LogP contribution in [0.1, 0.15) is 54.0 Å². The fourth-order valence-electron chi connectivity index (χ4n) is 2.67. The smallest absolute Gasteiger partial charge is 0.284 e. The summed E-state index contributed by atoms with van der Waals surface area (Å²) >= 11 is 3.51. The molecule has 0 spiro atoms. The first-order valence-electron chi connectivity index (χ1n) is 8.35. The molecular formula is C20H25BrN2O2. The Morgan fingerprint density at radius 1 is 1.36 bits per heavy atom. The number of hydrogen-bond acceptors (Lipinski definition) is 3. The SMILES string of the molecule is C=C(C)Cc1c(C)nn(C(=O)COc2ccc(C(C)C)cc2Br)c1C. The van der Waals surface area contributed by atoms with Crippen molar-refractivity contribution >= 4 is 21.8 Å². The number of hydrogen-bond donors (Lipinski definition) is 0. The van der Waals surface area contributed by atoms with Gasteiger partial charge in [-0.1, -0.05) is 32.1 Å². The molecule has 5 heteroatoms. The van der Waals surface area contributed by atoms with E-state index in [4.69, 9.17) is 4.74 Å². The Labute approximate surface area is 158 Å². The lowest BCUT2D eigenvalue weighted by atomic mass is 10.0. The number of benzene rings is 1. The average Bonchev–Trinajstić information content (AvgIpc) is 2.81. The van der Waals surface area contributed by atoms with Crippen LogP contribution < -0.4 is 4.74 Å². The number of rotatable bonds is 6. The molecule has 0 atom stereocenters. The molecule has 0 aliphatic heterocycles. The summed E-state index contributed by atoms with van der Waals surface area (Å²) in [7, 11) is 0. The molecule has 0 amide bonds. The summed E-state index contributed by atoms with van der Waals surface area (Å²) < 4.78 is 7.98. The third-order valence-electron chi connectivity index (χ3n) is 4.13. The molecule has 1 heterocycles. The quantitative estimate of drug-likeness (QED) is 0.619. The number of carbonyl (C=O) groups excluding carboxylic acids is 1. The van der Waals surface area contributed by atoms with E-state index in [1.165, 1.54) is 10.2 Å². The maximum absolute atomic E-state index is 12.5. The number of carbonyl (C=O) groups is 1. The lowest BCUT2D eigenvalue weighted by molar-refractivity contribution is 0.0817. The Kier molecular flexibility index (Phi) is 6.22. The van der Waals surface area contributed by atoms with Crippen molar-refractivity contribution < 1.29 is 9.53 Å². The summed E-state index contributed by atoms with van der Waals surface area (Å²) in [6.45, 7) is 13.9. The zero-order valence-corrected chi connectivity index (χ0v) is 17.1. The highest BCUT2D eigenvalue weighted by Crippen LogP contribution is 2.29. The minimum absolute atomic E-state index is 0.0614. The van der Waals surface area contributed by atoms with Crippen LogP contribution in [0.2, 0.25) is 0 Å². The third-order valence-corrected chi connectivity index (χ3v) is 4.75. The molecule has 0 saturated heterocycles. The minimum Gasteiger partial charge on any atom is -0.483 e. The number of halogens is 1. The summed E-state index contributed by atoms with van der Waals surface area (Å²) in [5.74, 6) is 0.906. The van der Waals surface area contributed by atoms with E-state index in [9.17, 15) is 4.79 Å². The molecule has 0 aliphatic carbocycles. The highest BCUT2D eigenvalue weighted by Gasteiger charge is 2.17. The predicted octanol–water partition coefficient (Wildman–Crippen LogP) is 5.22. The molecule has 2 aromatic rings. The molecule has 1 aromatic carbocycles. The molecule has 134 valence electrons. The zero-order valence-electron chi connectivity index (χ0n) is 15.5. The van der Waals surface area contributed by atoms with Crippen molar-refractivity contribution in [2.45, 2.75) is 47.0 Å². The monoisotopic (exact) mass is 404 g/mol. The zero-order chi connectivity index (χ0) is 18.7. The van der Waals surface area contributed by atoms with Crippen LogP contribution >= 0.6 is 15.9 Å². The van der Waals surface area contributed by atoms with Gasteiger partial charge in [0.25, 0.3) is 5.91 Å². The fourth-order valence-corrected chi connectivity index (χ4v) is 3.18. The molecule has 0 saturated carbocycles. The van der Waals surface area contributed by atoms with Gasteiger partial charge in [0.05, 0.1) is 10.2 Å². The van der Waals surface area contributed by atoms with E-state index in [0.29, 0.717) is 11.7 Å². The first-order valence-corrected chi connectivity index (χ1v) is 9.15. The molecule has 0 bridgehead atoms. The molecule has 4 nitrogen and oxygen atoms in total. The van der Waals surface area contributed by atoms with E-state index >= 15 is 0 Å². The van der Waals surface area contributed by atoms with Gasteiger partial charge in [-0.3, -0.25) is 4.79 Å². The topological polar surface area (TPSA) is 44.1 Å². The lowest BCUT2D eigenvalue weighted by Gasteiger charge is -2.11. The van der Waals surface area contributed by atoms with Crippen LogP contribution in [0.3, 0.4) is 0 Å². The van der Waals surface area contributed by atoms with E-state index in [1.807, 2.05) is 39.0 Å². The molecule has 2 rings (SSSR count). The molecule has 0 N–H and O–H groups in total. The van der Waals surface area contributed by atoms with E-state index in [-0.39, 0.29) is 12.5 Å². The van der Waals surface area contributed by atoms with E-state index < -0.39 is 0 Å². The molecule has 0 fully saturated rings. The molecule has 0 radical (unpaired) electrons. The summed E-state index contributed by atoms with van der Waals surface area (Å²) in [5, 5.41) is 4.37. The van der Waals surface area contributed by atoms with Gasteiger partial charge in [0.2, 0.25) is 0 Å². The first-order chi connectivity index (χ1) is 11.7. The van der Waals surface area contributed by atoms with Gasteiger partial charge in [0.15, 0.2) is 6.61 Å². The number of aromatic nitrogens is 2. The maximum atomic E-state index is 12.5. The average molecular weight is 405 g/mol. The predicted molar refractivity (Wildman–Crippen MR) is 105 cm³/mol. The molecule has 1 aromatic heterocycles. The third kappa shape index (κ3) is 4.60. The summed E-state index contributed by atoms with van der Waals surface area (Å²) in [6.07, 6.45) is 0.730. The Bertz CT molecular complexity index is 806.